The van der Waals surface area contributed by atoms with E-state index in [0.717, 1.165) is 33.7 Å². The molecule has 0 saturated heterocycles. The topological polar surface area (TPSA) is 60.7 Å². The maximum absolute atomic E-state index is 11.4. The second-order valence-electron chi connectivity index (χ2n) is 6.75. The van der Waals surface area contributed by atoms with Crippen LogP contribution in [0.5, 0.6) is 11.5 Å². The van der Waals surface area contributed by atoms with E-state index in [1.54, 1.807) is 19.2 Å². The fraction of sp³-hybridized carbons (Fsp3) is 0.125. The van der Waals surface area contributed by atoms with Crippen molar-refractivity contribution in [3.8, 4) is 11.5 Å². The molecule has 5 heteroatoms. The highest BCUT2D eigenvalue weighted by atomic mass is 16.5. The first-order valence-corrected chi connectivity index (χ1v) is 9.30. The smallest absolute Gasteiger partial charge is 0.335 e. The Bertz CT molecular complexity index is 1130. The molecule has 0 aliphatic heterocycles. The second kappa shape index (κ2) is 8.10. The number of rotatable bonds is 7. The van der Waals surface area contributed by atoms with Crippen LogP contribution in [0.3, 0.4) is 0 Å². The molecule has 4 aromatic rings. The predicted octanol–water partition coefficient (Wildman–Crippen LogP) is 4.98. The van der Waals surface area contributed by atoms with Crippen molar-refractivity contribution in [2.75, 3.05) is 7.11 Å². The zero-order chi connectivity index (χ0) is 20.2. The fourth-order valence-electron chi connectivity index (χ4n) is 3.35. The lowest BCUT2D eigenvalue weighted by Gasteiger charge is -2.13. The normalized spacial score (nSPS) is 10.8. The quantitative estimate of drug-likeness (QED) is 0.486. The van der Waals surface area contributed by atoms with Crippen molar-refractivity contribution in [3.05, 3.63) is 95.7 Å². The zero-order valence-electron chi connectivity index (χ0n) is 16.0. The van der Waals surface area contributed by atoms with Gasteiger partial charge in [-0.15, -0.1) is 0 Å². The van der Waals surface area contributed by atoms with Crippen LogP contribution in [0, 0.1) is 0 Å². The molecule has 146 valence electrons. The number of carboxylic acids is 1. The summed E-state index contributed by atoms with van der Waals surface area (Å²) in [6.07, 6.45) is 0. The average Bonchev–Trinajstić information content (AvgIpc) is 3.10. The first-order valence-electron chi connectivity index (χ1n) is 9.30. The highest BCUT2D eigenvalue weighted by molar-refractivity contribution is 5.94. The summed E-state index contributed by atoms with van der Waals surface area (Å²) in [5.41, 5.74) is 3.33. The fourth-order valence-corrected chi connectivity index (χ4v) is 3.35. The molecular weight excluding hydrogens is 366 g/mol. The summed E-state index contributed by atoms with van der Waals surface area (Å²) in [7, 11) is 1.65. The molecule has 5 nitrogen and oxygen atoms in total. The van der Waals surface area contributed by atoms with E-state index in [9.17, 15) is 9.90 Å². The van der Waals surface area contributed by atoms with Crippen molar-refractivity contribution in [1.29, 1.82) is 0 Å². The maximum Gasteiger partial charge on any atom is 0.335 e. The van der Waals surface area contributed by atoms with E-state index in [1.165, 1.54) is 0 Å². The van der Waals surface area contributed by atoms with Crippen LogP contribution in [0.2, 0.25) is 0 Å². The lowest BCUT2D eigenvalue weighted by atomic mass is 10.1. The van der Waals surface area contributed by atoms with Gasteiger partial charge in [-0.2, -0.15) is 0 Å². The Morgan fingerprint density at radius 2 is 1.69 bits per heavy atom. The molecule has 0 atom stereocenters. The minimum atomic E-state index is -0.933. The van der Waals surface area contributed by atoms with Crippen molar-refractivity contribution in [3.63, 3.8) is 0 Å². The first-order chi connectivity index (χ1) is 14.1. The highest BCUT2D eigenvalue weighted by Crippen LogP contribution is 2.25. The van der Waals surface area contributed by atoms with Gasteiger partial charge in [0.05, 0.1) is 18.4 Å². The molecule has 0 unspecified atom stereocenters. The number of hydrogen-bond donors (Lipinski definition) is 1. The number of aromatic nitrogens is 1. The summed E-state index contributed by atoms with van der Waals surface area (Å²) >= 11 is 0. The molecule has 1 heterocycles. The Balaban J connectivity index is 1.70. The molecule has 0 bridgehead atoms. The van der Waals surface area contributed by atoms with E-state index < -0.39 is 5.97 Å². The number of carbonyl (C=O) groups is 1. The van der Waals surface area contributed by atoms with Crippen LogP contribution in [0.15, 0.2) is 78.9 Å². The number of fused-ring (bicyclic) bond motifs is 1. The van der Waals surface area contributed by atoms with E-state index in [0.29, 0.717) is 13.2 Å². The SMILES string of the molecule is COc1ccc(Cn2c(COc3ccccc3)cc3cc(C(=O)O)ccc32)cc1. The second-order valence-corrected chi connectivity index (χ2v) is 6.75. The molecule has 4 rings (SSSR count). The highest BCUT2D eigenvalue weighted by Gasteiger charge is 2.13. The van der Waals surface area contributed by atoms with Gasteiger partial charge in [-0.1, -0.05) is 30.3 Å². The van der Waals surface area contributed by atoms with Gasteiger partial charge in [0.15, 0.2) is 0 Å². The van der Waals surface area contributed by atoms with E-state index in [4.69, 9.17) is 9.47 Å². The Hall–Kier alpha value is -3.73. The van der Waals surface area contributed by atoms with Gasteiger partial charge >= 0.3 is 5.97 Å². The van der Waals surface area contributed by atoms with Gasteiger partial charge in [0, 0.05) is 17.4 Å². The van der Waals surface area contributed by atoms with Gasteiger partial charge in [0.25, 0.3) is 0 Å². The molecule has 1 N–H and O–H groups in total. The molecule has 0 fully saturated rings. The zero-order valence-corrected chi connectivity index (χ0v) is 16.0. The van der Waals surface area contributed by atoms with Crippen LogP contribution >= 0.6 is 0 Å². The number of hydrogen-bond acceptors (Lipinski definition) is 3. The third-order valence-corrected chi connectivity index (χ3v) is 4.86. The summed E-state index contributed by atoms with van der Waals surface area (Å²) in [6.45, 7) is 1.03. The largest absolute Gasteiger partial charge is 0.497 e. The number of benzene rings is 3. The summed E-state index contributed by atoms with van der Waals surface area (Å²) < 4.78 is 13.4. The third-order valence-electron chi connectivity index (χ3n) is 4.86. The monoisotopic (exact) mass is 387 g/mol. The number of aromatic carboxylic acids is 1. The standard InChI is InChI=1S/C24H21NO4/c1-28-21-10-7-17(8-11-21)15-25-20(16-29-22-5-3-2-4-6-22)14-19-13-18(24(26)27)9-12-23(19)25/h2-14H,15-16H2,1H3,(H,26,27). The predicted molar refractivity (Wildman–Crippen MR) is 112 cm³/mol. The maximum atomic E-state index is 11.4. The summed E-state index contributed by atoms with van der Waals surface area (Å²) in [4.78, 5) is 11.4. The van der Waals surface area contributed by atoms with Crippen molar-refractivity contribution < 1.29 is 19.4 Å². The molecule has 29 heavy (non-hydrogen) atoms. The van der Waals surface area contributed by atoms with Crippen LogP contribution in [0.1, 0.15) is 21.6 Å². The molecule has 1 aromatic heterocycles. The van der Waals surface area contributed by atoms with Crippen molar-refractivity contribution in [2.24, 2.45) is 0 Å². The van der Waals surface area contributed by atoms with Gasteiger partial charge < -0.3 is 19.1 Å². The number of nitrogens with zero attached hydrogens (tertiary/aromatic N) is 1. The van der Waals surface area contributed by atoms with E-state index in [1.807, 2.05) is 66.7 Å². The number of ether oxygens (including phenoxy) is 2. The average molecular weight is 387 g/mol. The van der Waals surface area contributed by atoms with Gasteiger partial charge in [-0.25, -0.2) is 4.79 Å². The van der Waals surface area contributed by atoms with E-state index in [2.05, 4.69) is 4.57 Å². The number of para-hydroxylation sites is 1. The Morgan fingerprint density at radius 3 is 2.38 bits per heavy atom. The molecule has 0 aliphatic carbocycles. The number of methoxy groups -OCH3 is 1. The lowest BCUT2D eigenvalue weighted by molar-refractivity contribution is 0.0697. The van der Waals surface area contributed by atoms with Crippen LogP contribution in [0.4, 0.5) is 0 Å². The molecular formula is C24H21NO4. The molecule has 0 amide bonds. The van der Waals surface area contributed by atoms with Gasteiger partial charge in [0.2, 0.25) is 0 Å². The van der Waals surface area contributed by atoms with E-state index in [-0.39, 0.29) is 5.56 Å². The minimum absolute atomic E-state index is 0.273. The number of carboxylic acid groups (broad SMARTS) is 1. The van der Waals surface area contributed by atoms with E-state index >= 15 is 0 Å². The Kier molecular flexibility index (Phi) is 5.20. The van der Waals surface area contributed by atoms with Gasteiger partial charge in [0.1, 0.15) is 18.1 Å². The summed E-state index contributed by atoms with van der Waals surface area (Å²) in [5.74, 6) is 0.668. The summed E-state index contributed by atoms with van der Waals surface area (Å²) in [5, 5.41) is 10.2. The molecule has 0 spiro atoms. The van der Waals surface area contributed by atoms with Crippen LogP contribution in [-0.4, -0.2) is 22.8 Å². The first kappa shape index (κ1) is 18.6. The van der Waals surface area contributed by atoms with Crippen molar-refractivity contribution in [1.82, 2.24) is 4.57 Å². The van der Waals surface area contributed by atoms with Gasteiger partial charge in [-0.05, 0) is 54.1 Å². The third kappa shape index (κ3) is 4.09. The molecule has 0 radical (unpaired) electrons. The Labute approximate surface area is 168 Å². The van der Waals surface area contributed by atoms with Crippen LogP contribution < -0.4 is 9.47 Å². The van der Waals surface area contributed by atoms with Crippen molar-refractivity contribution in [2.45, 2.75) is 13.2 Å². The molecule has 3 aromatic carbocycles. The van der Waals surface area contributed by atoms with Crippen LogP contribution in [-0.2, 0) is 13.2 Å². The van der Waals surface area contributed by atoms with Crippen molar-refractivity contribution >= 4 is 16.9 Å². The van der Waals surface area contributed by atoms with Gasteiger partial charge in [-0.3, -0.25) is 0 Å². The molecule has 0 aliphatic rings. The summed E-state index contributed by atoms with van der Waals surface area (Å²) in [6, 6.07) is 24.7. The Morgan fingerprint density at radius 1 is 0.931 bits per heavy atom. The minimum Gasteiger partial charge on any atom is -0.497 e. The lowest BCUT2D eigenvalue weighted by Crippen LogP contribution is -2.07. The van der Waals surface area contributed by atoms with Crippen LogP contribution in [0.25, 0.3) is 10.9 Å². The molecule has 0 saturated carbocycles.